The van der Waals surface area contributed by atoms with Crippen molar-refractivity contribution >= 4 is 0 Å². The number of ether oxygens (including phenoxy) is 1. The molecule has 1 atom stereocenters. The SMILES string of the molecule is Cc1ncc(CNCC(C)C)n1CC1CCC(C)(C)O1. The van der Waals surface area contributed by atoms with Crippen molar-refractivity contribution in [2.45, 2.75) is 72.3 Å². The van der Waals surface area contributed by atoms with Crippen molar-refractivity contribution in [3.8, 4) is 0 Å². The van der Waals surface area contributed by atoms with Crippen LogP contribution in [-0.4, -0.2) is 27.8 Å². The zero-order valence-electron chi connectivity index (χ0n) is 13.6. The van der Waals surface area contributed by atoms with Gasteiger partial charge in [0.15, 0.2) is 0 Å². The topological polar surface area (TPSA) is 39.1 Å². The zero-order chi connectivity index (χ0) is 14.8. The molecule has 0 saturated carbocycles. The molecule has 4 nitrogen and oxygen atoms in total. The predicted octanol–water partition coefficient (Wildman–Crippen LogP) is 2.89. The molecule has 1 N–H and O–H groups in total. The highest BCUT2D eigenvalue weighted by molar-refractivity contribution is 5.05. The van der Waals surface area contributed by atoms with Crippen LogP contribution in [0.5, 0.6) is 0 Å². The van der Waals surface area contributed by atoms with Crippen molar-refractivity contribution in [1.82, 2.24) is 14.9 Å². The van der Waals surface area contributed by atoms with E-state index in [1.807, 2.05) is 6.20 Å². The molecule has 1 fully saturated rings. The lowest BCUT2D eigenvalue weighted by atomic mass is 10.1. The highest BCUT2D eigenvalue weighted by atomic mass is 16.5. The standard InChI is InChI=1S/C16H29N3O/c1-12(2)8-17-9-14-10-18-13(3)19(14)11-15-6-7-16(4,5)20-15/h10,12,15,17H,6-9,11H2,1-5H3. The van der Waals surface area contributed by atoms with Gasteiger partial charge in [0.1, 0.15) is 5.82 Å². The van der Waals surface area contributed by atoms with Gasteiger partial charge in [0.05, 0.1) is 23.9 Å². The van der Waals surface area contributed by atoms with Crippen LogP contribution in [0.2, 0.25) is 0 Å². The summed E-state index contributed by atoms with van der Waals surface area (Å²) in [5.74, 6) is 1.76. The van der Waals surface area contributed by atoms with Gasteiger partial charge in [-0.15, -0.1) is 0 Å². The minimum atomic E-state index is 0.0369. The van der Waals surface area contributed by atoms with Crippen molar-refractivity contribution in [1.29, 1.82) is 0 Å². The third-order valence-electron chi connectivity index (χ3n) is 3.94. The fraction of sp³-hybridized carbons (Fsp3) is 0.812. The predicted molar refractivity (Wildman–Crippen MR) is 81.7 cm³/mol. The Morgan fingerprint density at radius 3 is 2.85 bits per heavy atom. The third kappa shape index (κ3) is 4.06. The fourth-order valence-corrected chi connectivity index (χ4v) is 2.80. The summed E-state index contributed by atoms with van der Waals surface area (Å²) in [5.41, 5.74) is 1.30. The van der Waals surface area contributed by atoms with Crippen molar-refractivity contribution in [3.63, 3.8) is 0 Å². The van der Waals surface area contributed by atoms with Gasteiger partial charge in [-0.05, 0) is 46.1 Å². The molecule has 1 aromatic rings. The molecule has 1 aliphatic heterocycles. The summed E-state index contributed by atoms with van der Waals surface area (Å²) < 4.78 is 8.41. The molecular formula is C16H29N3O. The molecule has 2 rings (SSSR count). The molecule has 1 aliphatic rings. The molecule has 20 heavy (non-hydrogen) atoms. The lowest BCUT2D eigenvalue weighted by Gasteiger charge is -2.21. The van der Waals surface area contributed by atoms with Gasteiger partial charge in [-0.2, -0.15) is 0 Å². The summed E-state index contributed by atoms with van der Waals surface area (Å²) in [6.07, 6.45) is 4.60. The van der Waals surface area contributed by atoms with Crippen molar-refractivity contribution < 1.29 is 4.74 Å². The molecule has 0 radical (unpaired) electrons. The van der Waals surface area contributed by atoms with E-state index in [0.717, 1.165) is 38.3 Å². The van der Waals surface area contributed by atoms with E-state index in [2.05, 4.69) is 49.5 Å². The Bertz CT molecular complexity index is 437. The van der Waals surface area contributed by atoms with Crippen LogP contribution in [0.3, 0.4) is 0 Å². The van der Waals surface area contributed by atoms with E-state index in [9.17, 15) is 0 Å². The Balaban J connectivity index is 1.95. The van der Waals surface area contributed by atoms with Crippen LogP contribution < -0.4 is 5.32 Å². The minimum absolute atomic E-state index is 0.0369. The largest absolute Gasteiger partial charge is 0.370 e. The van der Waals surface area contributed by atoms with E-state index in [4.69, 9.17) is 4.74 Å². The highest BCUT2D eigenvalue weighted by Crippen LogP contribution is 2.30. The number of imidazole rings is 1. The molecular weight excluding hydrogens is 250 g/mol. The highest BCUT2D eigenvalue weighted by Gasteiger charge is 2.32. The van der Waals surface area contributed by atoms with E-state index in [0.29, 0.717) is 12.0 Å². The average molecular weight is 279 g/mol. The molecule has 2 heterocycles. The molecule has 0 amide bonds. The number of aryl methyl sites for hydroxylation is 1. The first-order chi connectivity index (χ1) is 9.37. The Labute approximate surface area is 122 Å². The molecule has 0 bridgehead atoms. The molecule has 0 aromatic carbocycles. The first kappa shape index (κ1) is 15.5. The average Bonchev–Trinajstić information content (AvgIpc) is 2.85. The zero-order valence-corrected chi connectivity index (χ0v) is 13.6. The van der Waals surface area contributed by atoms with Crippen LogP contribution in [0, 0.1) is 12.8 Å². The summed E-state index contributed by atoms with van der Waals surface area (Å²) >= 11 is 0. The van der Waals surface area contributed by atoms with Gasteiger partial charge in [-0.25, -0.2) is 4.98 Å². The Hall–Kier alpha value is -0.870. The lowest BCUT2D eigenvalue weighted by molar-refractivity contribution is -0.0222. The molecule has 0 aliphatic carbocycles. The number of hydrogen-bond donors (Lipinski definition) is 1. The summed E-state index contributed by atoms with van der Waals surface area (Å²) in [6, 6.07) is 0. The van der Waals surface area contributed by atoms with Crippen molar-refractivity contribution in [2.24, 2.45) is 5.92 Å². The van der Waals surface area contributed by atoms with Gasteiger partial charge in [0, 0.05) is 12.7 Å². The maximum atomic E-state index is 6.11. The molecule has 1 unspecified atom stereocenters. The van der Waals surface area contributed by atoms with E-state index in [1.54, 1.807) is 0 Å². The van der Waals surface area contributed by atoms with Crippen LogP contribution in [-0.2, 0) is 17.8 Å². The number of nitrogens with one attached hydrogen (secondary N) is 1. The Kier molecular flexibility index (Phi) is 4.86. The number of hydrogen-bond acceptors (Lipinski definition) is 3. The van der Waals surface area contributed by atoms with Crippen molar-refractivity contribution in [3.05, 3.63) is 17.7 Å². The summed E-state index contributed by atoms with van der Waals surface area (Å²) in [6.45, 7) is 13.7. The second-order valence-electron chi connectivity index (χ2n) is 6.97. The van der Waals surface area contributed by atoms with Gasteiger partial charge >= 0.3 is 0 Å². The monoisotopic (exact) mass is 279 g/mol. The molecule has 114 valence electrons. The summed E-state index contributed by atoms with van der Waals surface area (Å²) in [7, 11) is 0. The lowest BCUT2D eigenvalue weighted by Crippen LogP contribution is -2.26. The number of aromatic nitrogens is 2. The quantitative estimate of drug-likeness (QED) is 0.870. The first-order valence-corrected chi connectivity index (χ1v) is 7.77. The van der Waals surface area contributed by atoms with Crippen molar-refractivity contribution in [2.75, 3.05) is 6.54 Å². The first-order valence-electron chi connectivity index (χ1n) is 7.77. The van der Waals surface area contributed by atoms with Gasteiger partial charge in [-0.3, -0.25) is 0 Å². The van der Waals surface area contributed by atoms with Crippen LogP contribution in [0.15, 0.2) is 6.20 Å². The minimum Gasteiger partial charge on any atom is -0.370 e. The third-order valence-corrected chi connectivity index (χ3v) is 3.94. The van der Waals surface area contributed by atoms with E-state index in [1.165, 1.54) is 5.69 Å². The maximum Gasteiger partial charge on any atom is 0.105 e. The van der Waals surface area contributed by atoms with Crippen LogP contribution in [0.25, 0.3) is 0 Å². The van der Waals surface area contributed by atoms with Crippen LogP contribution >= 0.6 is 0 Å². The molecule has 1 aromatic heterocycles. The molecule has 4 heteroatoms. The van der Waals surface area contributed by atoms with Gasteiger partial charge < -0.3 is 14.6 Å². The van der Waals surface area contributed by atoms with E-state index in [-0.39, 0.29) is 5.60 Å². The number of nitrogens with zero attached hydrogens (tertiary/aromatic N) is 2. The normalized spacial score (nSPS) is 21.8. The van der Waals surface area contributed by atoms with Crippen LogP contribution in [0.4, 0.5) is 0 Å². The number of rotatable bonds is 6. The molecule has 0 spiro atoms. The second-order valence-corrected chi connectivity index (χ2v) is 6.97. The van der Waals surface area contributed by atoms with Gasteiger partial charge in [-0.1, -0.05) is 13.8 Å². The summed E-state index contributed by atoms with van der Waals surface area (Å²) in [4.78, 5) is 4.46. The summed E-state index contributed by atoms with van der Waals surface area (Å²) in [5, 5.41) is 3.49. The Morgan fingerprint density at radius 2 is 2.25 bits per heavy atom. The second kappa shape index (κ2) is 6.27. The molecule has 1 saturated heterocycles. The maximum absolute atomic E-state index is 6.11. The smallest absolute Gasteiger partial charge is 0.105 e. The van der Waals surface area contributed by atoms with E-state index < -0.39 is 0 Å². The Morgan fingerprint density at radius 1 is 1.50 bits per heavy atom. The van der Waals surface area contributed by atoms with E-state index >= 15 is 0 Å². The van der Waals surface area contributed by atoms with Crippen LogP contribution in [0.1, 0.15) is 52.1 Å². The fourth-order valence-electron chi connectivity index (χ4n) is 2.80. The van der Waals surface area contributed by atoms with Gasteiger partial charge in [0.25, 0.3) is 0 Å². The van der Waals surface area contributed by atoms with Gasteiger partial charge in [0.2, 0.25) is 0 Å².